The lowest BCUT2D eigenvalue weighted by Gasteiger charge is -2.25. The number of hydrogen-bond acceptors (Lipinski definition) is 8. The summed E-state index contributed by atoms with van der Waals surface area (Å²) in [4.78, 5) is 33.0. The first-order chi connectivity index (χ1) is 17.9. The Morgan fingerprint density at radius 1 is 0.973 bits per heavy atom. The molecular weight excluding hydrogens is 492 g/mol. The third-order valence-electron chi connectivity index (χ3n) is 6.29. The van der Waals surface area contributed by atoms with Crippen LogP contribution in [0.15, 0.2) is 66.2 Å². The first kappa shape index (κ1) is 24.3. The number of aliphatic hydroxyl groups is 1. The second-order valence-electron chi connectivity index (χ2n) is 8.45. The minimum atomic E-state index is -1.01. The largest absolute Gasteiger partial charge is 0.507 e. The lowest BCUT2D eigenvalue weighted by molar-refractivity contribution is -0.132. The highest BCUT2D eigenvalue weighted by Crippen LogP contribution is 2.48. The Morgan fingerprint density at radius 2 is 1.73 bits per heavy atom. The maximum atomic E-state index is 13.5. The number of aromatic nitrogens is 1. The van der Waals surface area contributed by atoms with Gasteiger partial charge in [0.1, 0.15) is 17.6 Å². The second-order valence-corrected chi connectivity index (χ2v) is 9.46. The van der Waals surface area contributed by atoms with Gasteiger partial charge in [-0.2, -0.15) is 0 Å². The number of carbonyl (C=O) groups is 2. The van der Waals surface area contributed by atoms with Gasteiger partial charge < -0.3 is 19.3 Å². The van der Waals surface area contributed by atoms with Gasteiger partial charge in [0.25, 0.3) is 5.78 Å². The second kappa shape index (κ2) is 9.59. The van der Waals surface area contributed by atoms with Crippen LogP contribution in [-0.2, 0) is 9.59 Å². The van der Waals surface area contributed by atoms with Gasteiger partial charge in [-0.15, -0.1) is 0 Å². The number of benzene rings is 3. The van der Waals surface area contributed by atoms with E-state index in [1.165, 1.54) is 30.5 Å². The summed E-state index contributed by atoms with van der Waals surface area (Å²) in [6.45, 7) is 1.92. The van der Waals surface area contributed by atoms with E-state index in [9.17, 15) is 14.7 Å². The van der Waals surface area contributed by atoms with Crippen LogP contribution < -0.4 is 19.1 Å². The first-order valence-corrected chi connectivity index (χ1v) is 12.2. The van der Waals surface area contributed by atoms with Crippen molar-refractivity contribution < 1.29 is 28.9 Å². The Morgan fingerprint density at radius 3 is 2.41 bits per heavy atom. The van der Waals surface area contributed by atoms with Crippen LogP contribution in [0.4, 0.5) is 5.13 Å². The molecular formula is C28H24N2O6S. The Kier molecular flexibility index (Phi) is 6.31. The molecule has 4 aromatic rings. The molecule has 0 spiro atoms. The van der Waals surface area contributed by atoms with Crippen molar-refractivity contribution in [1.29, 1.82) is 0 Å². The van der Waals surface area contributed by atoms with E-state index in [0.29, 0.717) is 39.0 Å². The Bertz CT molecular complexity index is 1560. The number of methoxy groups -OCH3 is 3. The predicted molar refractivity (Wildman–Crippen MR) is 142 cm³/mol. The molecule has 8 nitrogen and oxygen atoms in total. The van der Waals surface area contributed by atoms with E-state index in [1.54, 1.807) is 49.6 Å². The van der Waals surface area contributed by atoms with Gasteiger partial charge in [0, 0.05) is 11.1 Å². The fourth-order valence-corrected chi connectivity index (χ4v) is 5.46. The number of rotatable bonds is 6. The average Bonchev–Trinajstić information content (AvgIpc) is 3.45. The topological polar surface area (TPSA) is 98.2 Å². The molecule has 0 aliphatic carbocycles. The number of ether oxygens (including phenoxy) is 3. The summed E-state index contributed by atoms with van der Waals surface area (Å²) in [5.41, 5.74) is 2.49. The zero-order valence-corrected chi connectivity index (χ0v) is 21.5. The Balaban J connectivity index is 1.77. The van der Waals surface area contributed by atoms with Gasteiger partial charge >= 0.3 is 5.91 Å². The van der Waals surface area contributed by atoms with Gasteiger partial charge in [-0.3, -0.25) is 14.5 Å². The Labute approximate surface area is 217 Å². The van der Waals surface area contributed by atoms with E-state index in [1.807, 2.05) is 25.1 Å². The molecule has 0 radical (unpaired) electrons. The normalized spacial score (nSPS) is 16.9. The van der Waals surface area contributed by atoms with Crippen LogP contribution in [0.3, 0.4) is 0 Å². The molecule has 1 aliphatic rings. The highest BCUT2D eigenvalue weighted by atomic mass is 32.1. The average molecular weight is 517 g/mol. The van der Waals surface area contributed by atoms with Crippen molar-refractivity contribution in [2.75, 3.05) is 26.2 Å². The molecule has 1 unspecified atom stereocenters. The van der Waals surface area contributed by atoms with Gasteiger partial charge in [-0.25, -0.2) is 4.98 Å². The van der Waals surface area contributed by atoms with Crippen LogP contribution in [0.5, 0.6) is 17.2 Å². The van der Waals surface area contributed by atoms with Crippen LogP contribution in [-0.4, -0.2) is 43.1 Å². The summed E-state index contributed by atoms with van der Waals surface area (Å²) < 4.78 is 17.2. The third kappa shape index (κ3) is 4.07. The van der Waals surface area contributed by atoms with Crippen molar-refractivity contribution in [3.8, 4) is 17.2 Å². The van der Waals surface area contributed by atoms with E-state index in [2.05, 4.69) is 4.98 Å². The zero-order chi connectivity index (χ0) is 26.3. The van der Waals surface area contributed by atoms with Gasteiger partial charge in [0.15, 0.2) is 16.6 Å². The third-order valence-corrected chi connectivity index (χ3v) is 7.31. The molecule has 1 fully saturated rings. The smallest absolute Gasteiger partial charge is 0.301 e. The Hall–Kier alpha value is -4.37. The highest BCUT2D eigenvalue weighted by Gasteiger charge is 2.49. The minimum absolute atomic E-state index is 0.0581. The number of anilines is 1. The molecule has 188 valence electrons. The lowest BCUT2D eigenvalue weighted by atomic mass is 9.94. The van der Waals surface area contributed by atoms with Gasteiger partial charge in [-0.05, 0) is 31.2 Å². The molecule has 1 saturated heterocycles. The molecule has 2 heterocycles. The van der Waals surface area contributed by atoms with Crippen molar-refractivity contribution >= 4 is 44.1 Å². The van der Waals surface area contributed by atoms with Crippen LogP contribution in [0.1, 0.15) is 22.7 Å². The summed E-state index contributed by atoms with van der Waals surface area (Å²) in [5.74, 6) is -0.470. The molecule has 1 aliphatic heterocycles. The number of aryl methyl sites for hydroxylation is 1. The number of nitrogens with zero attached hydrogens (tertiary/aromatic N) is 2. The van der Waals surface area contributed by atoms with Crippen molar-refractivity contribution in [1.82, 2.24) is 4.98 Å². The van der Waals surface area contributed by atoms with Crippen LogP contribution in [0.2, 0.25) is 0 Å². The molecule has 1 aromatic heterocycles. The SMILES string of the molecule is COc1ccc2nc(N3C(=O)C(=O)C(=C(O)c4ccc(C)cc4)C3c3cccc(OC)c3OC)sc2c1. The van der Waals surface area contributed by atoms with Crippen molar-refractivity contribution in [2.45, 2.75) is 13.0 Å². The van der Waals surface area contributed by atoms with Crippen molar-refractivity contribution in [2.24, 2.45) is 0 Å². The number of para-hydroxylation sites is 1. The summed E-state index contributed by atoms with van der Waals surface area (Å²) in [6.07, 6.45) is 0. The minimum Gasteiger partial charge on any atom is -0.507 e. The maximum absolute atomic E-state index is 13.5. The standard InChI is InChI=1S/C28H24N2O6S/c1-15-8-10-16(11-9-15)24(31)22-23(18-6-5-7-20(35-3)26(18)36-4)30(27(33)25(22)32)28-29-19-13-12-17(34-2)14-21(19)37-28/h5-14,23,31H,1-4H3. The van der Waals surface area contributed by atoms with Gasteiger partial charge in [-0.1, -0.05) is 53.3 Å². The van der Waals surface area contributed by atoms with Crippen molar-refractivity contribution in [3.63, 3.8) is 0 Å². The molecule has 5 rings (SSSR count). The highest BCUT2D eigenvalue weighted by molar-refractivity contribution is 7.22. The fraction of sp³-hybridized carbons (Fsp3) is 0.179. The zero-order valence-electron chi connectivity index (χ0n) is 20.6. The van der Waals surface area contributed by atoms with E-state index in [0.717, 1.165) is 10.3 Å². The molecule has 1 amide bonds. The summed E-state index contributed by atoms with van der Waals surface area (Å²) >= 11 is 1.25. The number of aliphatic hydroxyl groups excluding tert-OH is 1. The molecule has 0 bridgehead atoms. The monoisotopic (exact) mass is 516 g/mol. The van der Waals surface area contributed by atoms with Gasteiger partial charge in [0.2, 0.25) is 0 Å². The number of amides is 1. The van der Waals surface area contributed by atoms with E-state index >= 15 is 0 Å². The van der Waals surface area contributed by atoms with E-state index in [4.69, 9.17) is 14.2 Å². The number of hydrogen-bond donors (Lipinski definition) is 1. The number of thiazole rings is 1. The molecule has 3 aromatic carbocycles. The molecule has 9 heteroatoms. The van der Waals surface area contributed by atoms with Crippen LogP contribution in [0.25, 0.3) is 16.0 Å². The van der Waals surface area contributed by atoms with E-state index < -0.39 is 17.7 Å². The summed E-state index contributed by atoms with van der Waals surface area (Å²) in [6, 6.07) is 16.7. The molecule has 1 N–H and O–H groups in total. The fourth-order valence-electron chi connectivity index (χ4n) is 4.44. The number of fused-ring (bicyclic) bond motifs is 1. The lowest BCUT2D eigenvalue weighted by Crippen LogP contribution is -2.29. The van der Waals surface area contributed by atoms with Crippen LogP contribution >= 0.6 is 11.3 Å². The molecule has 1 atom stereocenters. The maximum Gasteiger partial charge on any atom is 0.301 e. The number of ketones is 1. The number of Topliss-reactive ketones (excluding diaryl/α,β-unsaturated/α-hetero) is 1. The quantitative estimate of drug-likeness (QED) is 0.212. The summed E-state index contributed by atoms with van der Waals surface area (Å²) in [7, 11) is 4.56. The van der Waals surface area contributed by atoms with Crippen LogP contribution in [0, 0.1) is 6.92 Å². The predicted octanol–water partition coefficient (Wildman–Crippen LogP) is 5.26. The van der Waals surface area contributed by atoms with E-state index in [-0.39, 0.29) is 11.3 Å². The molecule has 0 saturated carbocycles. The van der Waals surface area contributed by atoms with Gasteiger partial charge in [0.05, 0.1) is 37.1 Å². The molecule has 37 heavy (non-hydrogen) atoms. The number of carbonyl (C=O) groups excluding carboxylic acids is 2. The van der Waals surface area contributed by atoms with Crippen molar-refractivity contribution in [3.05, 3.63) is 82.9 Å². The first-order valence-electron chi connectivity index (χ1n) is 11.4. The summed E-state index contributed by atoms with van der Waals surface area (Å²) in [5, 5.41) is 11.7.